The molecule has 1 spiro atoms. The smallest absolute Gasteiger partial charge is 0.340 e. The third-order valence-electron chi connectivity index (χ3n) is 7.16. The Bertz CT molecular complexity index is 1400. The van der Waals surface area contributed by atoms with Crippen LogP contribution in [-0.2, 0) is 16.9 Å². The molecular formula is C31H28N2O3. The van der Waals surface area contributed by atoms with Crippen molar-refractivity contribution in [3.05, 3.63) is 119 Å². The van der Waals surface area contributed by atoms with Crippen molar-refractivity contribution in [1.82, 2.24) is 5.32 Å². The second-order valence-corrected chi connectivity index (χ2v) is 9.37. The molecule has 180 valence electrons. The van der Waals surface area contributed by atoms with Crippen LogP contribution in [0.15, 0.2) is 91.0 Å². The predicted octanol–water partition coefficient (Wildman–Crippen LogP) is 6.89. The molecule has 0 aliphatic carbocycles. The van der Waals surface area contributed by atoms with Gasteiger partial charge in [-0.2, -0.15) is 0 Å². The van der Waals surface area contributed by atoms with E-state index in [1.807, 2.05) is 91.0 Å². The van der Waals surface area contributed by atoms with Gasteiger partial charge in [0.2, 0.25) is 0 Å². The minimum Gasteiger partial charge on any atom is -0.456 e. The van der Waals surface area contributed by atoms with E-state index in [0.717, 1.165) is 40.0 Å². The molecule has 0 radical (unpaired) electrons. The van der Waals surface area contributed by atoms with Gasteiger partial charge in [0, 0.05) is 35.0 Å². The van der Waals surface area contributed by atoms with Gasteiger partial charge in [-0.3, -0.25) is 0 Å². The molecule has 0 fully saturated rings. The van der Waals surface area contributed by atoms with Gasteiger partial charge in [-0.1, -0.05) is 67.6 Å². The largest absolute Gasteiger partial charge is 0.456 e. The van der Waals surface area contributed by atoms with Gasteiger partial charge in [0.15, 0.2) is 5.60 Å². The lowest BCUT2D eigenvalue weighted by Gasteiger charge is -2.37. The van der Waals surface area contributed by atoms with Gasteiger partial charge in [0.1, 0.15) is 11.5 Å². The number of fused-ring (bicyclic) bond motifs is 6. The number of ether oxygens (including phenoxy) is 2. The molecule has 5 nitrogen and oxygen atoms in total. The number of rotatable bonds is 6. The van der Waals surface area contributed by atoms with Crippen LogP contribution in [0.4, 0.5) is 11.4 Å². The van der Waals surface area contributed by atoms with Crippen LogP contribution in [0.2, 0.25) is 0 Å². The van der Waals surface area contributed by atoms with Gasteiger partial charge in [0.25, 0.3) is 0 Å². The Balaban J connectivity index is 1.64. The molecule has 1 atom stereocenters. The molecule has 0 amide bonds. The summed E-state index contributed by atoms with van der Waals surface area (Å²) in [5.41, 5.74) is 4.79. The van der Waals surface area contributed by atoms with Crippen LogP contribution in [0.3, 0.4) is 0 Å². The number of esters is 1. The zero-order chi connectivity index (χ0) is 24.7. The van der Waals surface area contributed by atoms with Crippen LogP contribution in [-0.4, -0.2) is 12.0 Å². The molecule has 2 aliphatic heterocycles. The summed E-state index contributed by atoms with van der Waals surface area (Å²) in [6.07, 6.45) is 1.02. The lowest BCUT2D eigenvalue weighted by Crippen LogP contribution is -2.34. The van der Waals surface area contributed by atoms with Crippen LogP contribution in [0, 0.1) is 0 Å². The van der Waals surface area contributed by atoms with Crippen molar-refractivity contribution in [2.24, 2.45) is 0 Å². The van der Waals surface area contributed by atoms with Crippen LogP contribution in [0.25, 0.3) is 0 Å². The van der Waals surface area contributed by atoms with Crippen molar-refractivity contribution in [2.45, 2.75) is 38.5 Å². The Kier molecular flexibility index (Phi) is 5.50. The molecular weight excluding hydrogens is 448 g/mol. The van der Waals surface area contributed by atoms with Gasteiger partial charge in [-0.15, -0.1) is 0 Å². The highest BCUT2D eigenvalue weighted by molar-refractivity contribution is 6.00. The van der Waals surface area contributed by atoms with E-state index in [1.54, 1.807) is 0 Å². The molecule has 1 unspecified atom stereocenters. The summed E-state index contributed by atoms with van der Waals surface area (Å²) in [4.78, 5) is 13.5. The maximum atomic E-state index is 13.5. The molecule has 4 aromatic carbocycles. The monoisotopic (exact) mass is 476 g/mol. The fraction of sp³-hybridized carbons (Fsp3) is 0.194. The van der Waals surface area contributed by atoms with E-state index in [-0.39, 0.29) is 5.97 Å². The predicted molar refractivity (Wildman–Crippen MR) is 141 cm³/mol. The van der Waals surface area contributed by atoms with Gasteiger partial charge in [-0.05, 0) is 49.2 Å². The summed E-state index contributed by atoms with van der Waals surface area (Å²) < 4.78 is 12.7. The number of carbonyl (C=O) groups excluding carboxylic acids is 1. The summed E-state index contributed by atoms with van der Waals surface area (Å²) in [5.74, 6) is 1.03. The Labute approximate surface area is 211 Å². The van der Waals surface area contributed by atoms with E-state index < -0.39 is 5.60 Å². The summed E-state index contributed by atoms with van der Waals surface area (Å²) in [5, 5.41) is 7.27. The second kappa shape index (κ2) is 8.85. The summed E-state index contributed by atoms with van der Waals surface area (Å²) in [6.45, 7) is 5.00. The van der Waals surface area contributed by atoms with Crippen molar-refractivity contribution < 1.29 is 14.3 Å². The summed E-state index contributed by atoms with van der Waals surface area (Å²) >= 11 is 0. The normalized spacial score (nSPS) is 15.3. The minimum atomic E-state index is -1.12. The van der Waals surface area contributed by atoms with Crippen LogP contribution >= 0.6 is 0 Å². The fourth-order valence-electron chi connectivity index (χ4n) is 5.15. The Hall–Kier alpha value is -4.09. The highest BCUT2D eigenvalue weighted by Crippen LogP contribution is 2.58. The molecule has 2 aliphatic rings. The number of hydrogen-bond acceptors (Lipinski definition) is 5. The van der Waals surface area contributed by atoms with E-state index in [1.165, 1.54) is 0 Å². The number of hydrogen-bond donors (Lipinski definition) is 2. The number of carbonyl (C=O) groups is 1. The van der Waals surface area contributed by atoms with Gasteiger partial charge >= 0.3 is 5.97 Å². The van der Waals surface area contributed by atoms with Crippen molar-refractivity contribution in [3.8, 4) is 11.5 Å². The number of benzene rings is 4. The Morgan fingerprint density at radius 1 is 0.833 bits per heavy atom. The fourth-order valence-corrected chi connectivity index (χ4v) is 5.15. The van der Waals surface area contributed by atoms with E-state index in [9.17, 15) is 4.79 Å². The van der Waals surface area contributed by atoms with Crippen LogP contribution < -0.4 is 15.4 Å². The molecule has 2 heterocycles. The average Bonchev–Trinajstić information content (AvgIpc) is 3.21. The van der Waals surface area contributed by atoms with Gasteiger partial charge in [0.05, 0.1) is 11.3 Å². The molecule has 0 aromatic heterocycles. The molecule has 36 heavy (non-hydrogen) atoms. The maximum Gasteiger partial charge on any atom is 0.340 e. The van der Waals surface area contributed by atoms with Gasteiger partial charge in [-0.25, -0.2) is 4.79 Å². The SMILES string of the molecule is CCC(C)NCc1ccc2c(c1Nc1ccccc1)C1(OC2=O)c2ccccc2Oc2ccccc21. The first-order valence-electron chi connectivity index (χ1n) is 12.4. The zero-order valence-electron chi connectivity index (χ0n) is 20.4. The molecule has 0 bridgehead atoms. The number of nitrogens with one attached hydrogen (secondary N) is 2. The zero-order valence-corrected chi connectivity index (χ0v) is 20.4. The quantitative estimate of drug-likeness (QED) is 0.297. The van der Waals surface area contributed by atoms with Crippen LogP contribution in [0.5, 0.6) is 11.5 Å². The first-order chi connectivity index (χ1) is 17.6. The number of para-hydroxylation sites is 3. The standard InChI is InChI=1S/C31H28N2O3/c1-3-20(2)32-19-21-17-18-23-28(29(21)33-22-11-5-4-6-12-22)31(36-30(23)34)24-13-7-9-15-26(24)35-27-16-10-8-14-25(27)31/h4-18,20,32-33H,3,19H2,1-2H3. The lowest BCUT2D eigenvalue weighted by molar-refractivity contribution is 0.0226. The van der Waals surface area contributed by atoms with E-state index in [4.69, 9.17) is 9.47 Å². The van der Waals surface area contributed by atoms with E-state index >= 15 is 0 Å². The highest BCUT2D eigenvalue weighted by atomic mass is 16.6. The van der Waals surface area contributed by atoms with Crippen molar-refractivity contribution in [3.63, 3.8) is 0 Å². The maximum absolute atomic E-state index is 13.5. The Morgan fingerprint density at radius 2 is 1.47 bits per heavy atom. The molecule has 6 rings (SSSR count). The molecule has 5 heteroatoms. The highest BCUT2D eigenvalue weighted by Gasteiger charge is 2.55. The molecule has 0 saturated carbocycles. The van der Waals surface area contributed by atoms with E-state index in [2.05, 4.69) is 24.5 Å². The van der Waals surface area contributed by atoms with Crippen molar-refractivity contribution in [1.29, 1.82) is 0 Å². The lowest BCUT2D eigenvalue weighted by atomic mass is 9.76. The topological polar surface area (TPSA) is 59.6 Å². The minimum absolute atomic E-state index is 0.339. The number of anilines is 2. The van der Waals surface area contributed by atoms with Crippen molar-refractivity contribution in [2.75, 3.05) is 5.32 Å². The average molecular weight is 477 g/mol. The molecule has 4 aromatic rings. The Morgan fingerprint density at radius 3 is 2.14 bits per heavy atom. The van der Waals surface area contributed by atoms with Crippen LogP contribution in [0.1, 0.15) is 52.9 Å². The third-order valence-corrected chi connectivity index (χ3v) is 7.16. The second-order valence-electron chi connectivity index (χ2n) is 9.37. The first-order valence-corrected chi connectivity index (χ1v) is 12.4. The molecule has 0 saturated heterocycles. The molecule has 2 N–H and O–H groups in total. The summed E-state index contributed by atoms with van der Waals surface area (Å²) in [6, 6.07) is 30.0. The van der Waals surface area contributed by atoms with Crippen molar-refractivity contribution >= 4 is 17.3 Å². The first kappa shape index (κ1) is 22.4. The van der Waals surface area contributed by atoms with Gasteiger partial charge < -0.3 is 20.1 Å². The third kappa shape index (κ3) is 3.47. The summed E-state index contributed by atoms with van der Waals surface area (Å²) in [7, 11) is 0. The van der Waals surface area contributed by atoms with E-state index in [0.29, 0.717) is 29.6 Å².